The first-order chi connectivity index (χ1) is 12.5. The number of aromatic amines is 1. The van der Waals surface area contributed by atoms with Gasteiger partial charge in [0.15, 0.2) is 0 Å². The summed E-state index contributed by atoms with van der Waals surface area (Å²) in [4.78, 5) is 29.5. The molecule has 1 aliphatic heterocycles. The molecule has 1 aliphatic rings. The average Bonchev–Trinajstić information content (AvgIpc) is 3.32. The largest absolute Gasteiger partial charge is 0.465 e. The molecule has 132 valence electrons. The molecule has 3 aromatic rings. The fourth-order valence-corrected chi connectivity index (χ4v) is 4.42. The maximum absolute atomic E-state index is 12.8. The number of benzene rings is 1. The van der Waals surface area contributed by atoms with Crippen molar-refractivity contribution in [1.82, 2.24) is 4.98 Å². The van der Waals surface area contributed by atoms with Gasteiger partial charge in [0.25, 0.3) is 0 Å². The highest BCUT2D eigenvalue weighted by Gasteiger charge is 2.39. The average molecular weight is 387 g/mol. The minimum atomic E-state index is -0.639. The van der Waals surface area contributed by atoms with E-state index in [1.165, 1.54) is 18.4 Å². The quantitative estimate of drug-likeness (QED) is 0.647. The Morgan fingerprint density at radius 3 is 2.77 bits per heavy atom. The minimum Gasteiger partial charge on any atom is -0.465 e. The molecule has 0 saturated heterocycles. The summed E-state index contributed by atoms with van der Waals surface area (Å²) < 4.78 is 4.98. The fraction of sp³-hybridized carbons (Fsp3) is 0.158. The van der Waals surface area contributed by atoms with Crippen LogP contribution in [0.5, 0.6) is 0 Å². The fourth-order valence-electron chi connectivity index (χ4n) is 3.45. The van der Waals surface area contributed by atoms with E-state index < -0.39 is 11.9 Å². The second-order valence-electron chi connectivity index (χ2n) is 6.01. The Hall–Kier alpha value is -2.57. The summed E-state index contributed by atoms with van der Waals surface area (Å²) >= 11 is 7.78. The van der Waals surface area contributed by atoms with Crippen LogP contribution in [0.25, 0.3) is 10.6 Å². The standard InChI is InChI=1S/C19H15ClN2O3S/c1-9-13(19(24)25-2)15(17(21-9)12-7-4-8-26-12)14-10-5-3-6-11(20)16(10)22-18(14)23/h3-8,14,21H,1-2H3,(H,22,23). The van der Waals surface area contributed by atoms with E-state index in [2.05, 4.69) is 10.3 Å². The van der Waals surface area contributed by atoms with E-state index in [9.17, 15) is 9.59 Å². The van der Waals surface area contributed by atoms with Crippen molar-refractivity contribution in [2.75, 3.05) is 12.4 Å². The van der Waals surface area contributed by atoms with Crippen LogP contribution in [0.3, 0.4) is 0 Å². The number of aromatic nitrogens is 1. The molecule has 3 heterocycles. The van der Waals surface area contributed by atoms with Crippen LogP contribution >= 0.6 is 22.9 Å². The van der Waals surface area contributed by atoms with Gasteiger partial charge in [-0.05, 0) is 30.0 Å². The lowest BCUT2D eigenvalue weighted by atomic mass is 9.88. The monoisotopic (exact) mass is 386 g/mol. The first kappa shape index (κ1) is 16.9. The van der Waals surface area contributed by atoms with Crippen LogP contribution in [0.15, 0.2) is 35.7 Å². The highest BCUT2D eigenvalue weighted by atomic mass is 35.5. The maximum atomic E-state index is 12.8. The predicted molar refractivity (Wildman–Crippen MR) is 102 cm³/mol. The van der Waals surface area contributed by atoms with Crippen molar-refractivity contribution >= 4 is 40.5 Å². The maximum Gasteiger partial charge on any atom is 0.340 e. The normalized spacial score (nSPS) is 15.7. The number of esters is 1. The van der Waals surface area contributed by atoms with Gasteiger partial charge in [-0.2, -0.15) is 0 Å². The Bertz CT molecular complexity index is 1020. The zero-order valence-electron chi connectivity index (χ0n) is 14.1. The molecule has 1 unspecified atom stereocenters. The van der Waals surface area contributed by atoms with Crippen molar-refractivity contribution in [3.8, 4) is 10.6 Å². The van der Waals surface area contributed by atoms with Gasteiger partial charge >= 0.3 is 5.97 Å². The number of anilines is 1. The summed E-state index contributed by atoms with van der Waals surface area (Å²) in [5.74, 6) is -1.32. The van der Waals surface area contributed by atoms with Gasteiger partial charge in [-0.25, -0.2) is 4.79 Å². The van der Waals surface area contributed by atoms with E-state index in [0.29, 0.717) is 27.5 Å². The number of methoxy groups -OCH3 is 1. The molecule has 26 heavy (non-hydrogen) atoms. The van der Waals surface area contributed by atoms with Crippen LogP contribution in [-0.4, -0.2) is 24.0 Å². The third kappa shape index (κ3) is 2.45. The molecule has 2 aromatic heterocycles. The van der Waals surface area contributed by atoms with Crippen molar-refractivity contribution in [2.24, 2.45) is 0 Å². The number of hydrogen-bond donors (Lipinski definition) is 2. The van der Waals surface area contributed by atoms with Gasteiger partial charge in [0, 0.05) is 11.3 Å². The Morgan fingerprint density at radius 2 is 2.08 bits per heavy atom. The van der Waals surface area contributed by atoms with Crippen LogP contribution in [0, 0.1) is 6.92 Å². The number of carbonyl (C=O) groups is 2. The number of nitrogens with one attached hydrogen (secondary N) is 2. The van der Waals surface area contributed by atoms with Crippen LogP contribution in [-0.2, 0) is 9.53 Å². The van der Waals surface area contributed by atoms with Crippen LogP contribution < -0.4 is 5.32 Å². The molecular weight excluding hydrogens is 372 g/mol. The number of ether oxygens (including phenoxy) is 1. The van der Waals surface area contributed by atoms with E-state index in [4.69, 9.17) is 16.3 Å². The molecule has 1 amide bonds. The summed E-state index contributed by atoms with van der Waals surface area (Å²) in [5, 5.41) is 5.27. The number of thiophene rings is 1. The van der Waals surface area contributed by atoms with Gasteiger partial charge in [-0.1, -0.05) is 29.8 Å². The van der Waals surface area contributed by atoms with E-state index in [-0.39, 0.29) is 5.91 Å². The lowest BCUT2D eigenvalue weighted by Gasteiger charge is -2.13. The Labute approximate surface area is 159 Å². The number of para-hydroxylation sites is 1. The zero-order chi connectivity index (χ0) is 18.4. The number of H-pyrrole nitrogens is 1. The first-order valence-electron chi connectivity index (χ1n) is 7.96. The summed E-state index contributed by atoms with van der Waals surface area (Å²) in [6.45, 7) is 1.80. The van der Waals surface area contributed by atoms with E-state index >= 15 is 0 Å². The van der Waals surface area contributed by atoms with Gasteiger partial charge in [0.05, 0.1) is 39.9 Å². The number of aryl methyl sites for hydroxylation is 1. The number of rotatable bonds is 3. The van der Waals surface area contributed by atoms with E-state index in [1.54, 1.807) is 19.1 Å². The van der Waals surface area contributed by atoms with Crippen molar-refractivity contribution < 1.29 is 14.3 Å². The van der Waals surface area contributed by atoms with E-state index in [0.717, 1.165) is 16.1 Å². The van der Waals surface area contributed by atoms with Gasteiger partial charge in [-0.15, -0.1) is 11.3 Å². The smallest absolute Gasteiger partial charge is 0.340 e. The number of fused-ring (bicyclic) bond motifs is 1. The molecule has 1 aromatic carbocycles. The van der Waals surface area contributed by atoms with Gasteiger partial charge in [0.1, 0.15) is 0 Å². The Kier molecular flexibility index (Phi) is 4.09. The molecule has 0 bridgehead atoms. The number of carbonyl (C=O) groups excluding carboxylic acids is 2. The SMILES string of the molecule is COC(=O)c1c(C)[nH]c(-c2cccs2)c1C1C(=O)Nc2c(Cl)cccc21. The minimum absolute atomic E-state index is 0.213. The molecule has 1 atom stereocenters. The molecular formula is C19H15ClN2O3S. The third-order valence-corrected chi connectivity index (χ3v) is 5.74. The number of hydrogen-bond acceptors (Lipinski definition) is 4. The zero-order valence-corrected chi connectivity index (χ0v) is 15.6. The molecule has 5 nitrogen and oxygen atoms in total. The summed E-state index contributed by atoms with van der Waals surface area (Å²) in [6, 6.07) is 9.26. The Balaban J connectivity index is 2.01. The van der Waals surface area contributed by atoms with Crippen molar-refractivity contribution in [2.45, 2.75) is 12.8 Å². The molecule has 0 aliphatic carbocycles. The molecule has 0 radical (unpaired) electrons. The lowest BCUT2D eigenvalue weighted by molar-refractivity contribution is -0.116. The predicted octanol–water partition coefficient (Wildman–Crippen LogP) is 4.58. The summed E-state index contributed by atoms with van der Waals surface area (Å²) in [7, 11) is 1.34. The molecule has 7 heteroatoms. The summed E-state index contributed by atoms with van der Waals surface area (Å²) in [5.41, 5.74) is 3.78. The van der Waals surface area contributed by atoms with E-state index in [1.807, 2.05) is 23.6 Å². The number of amides is 1. The second kappa shape index (κ2) is 6.30. The molecule has 2 N–H and O–H groups in total. The van der Waals surface area contributed by atoms with Gasteiger partial charge in [-0.3, -0.25) is 4.79 Å². The van der Waals surface area contributed by atoms with Gasteiger partial charge < -0.3 is 15.0 Å². The lowest BCUT2D eigenvalue weighted by Crippen LogP contribution is -2.17. The van der Waals surface area contributed by atoms with Crippen molar-refractivity contribution in [3.05, 3.63) is 63.1 Å². The van der Waals surface area contributed by atoms with Crippen LogP contribution in [0.4, 0.5) is 5.69 Å². The van der Waals surface area contributed by atoms with Gasteiger partial charge in [0.2, 0.25) is 5.91 Å². The van der Waals surface area contributed by atoms with Crippen LogP contribution in [0.2, 0.25) is 5.02 Å². The molecule has 0 saturated carbocycles. The second-order valence-corrected chi connectivity index (χ2v) is 7.36. The first-order valence-corrected chi connectivity index (χ1v) is 9.22. The van der Waals surface area contributed by atoms with Crippen LogP contribution in [0.1, 0.15) is 33.1 Å². The molecule has 0 spiro atoms. The topological polar surface area (TPSA) is 71.2 Å². The van der Waals surface area contributed by atoms with Crippen molar-refractivity contribution in [3.63, 3.8) is 0 Å². The number of halogens is 1. The third-order valence-electron chi connectivity index (χ3n) is 4.54. The highest BCUT2D eigenvalue weighted by Crippen LogP contribution is 2.46. The molecule has 0 fully saturated rings. The highest BCUT2D eigenvalue weighted by molar-refractivity contribution is 7.13. The van der Waals surface area contributed by atoms with Crippen molar-refractivity contribution in [1.29, 1.82) is 0 Å². The molecule has 4 rings (SSSR count). The summed E-state index contributed by atoms with van der Waals surface area (Å²) in [6.07, 6.45) is 0. The Morgan fingerprint density at radius 1 is 1.27 bits per heavy atom.